The number of rotatable bonds is 10. The first-order chi connectivity index (χ1) is 15.4. The minimum absolute atomic E-state index is 0.128. The average Bonchev–Trinajstić information content (AvgIpc) is 2.89. The van der Waals surface area contributed by atoms with Crippen molar-refractivity contribution in [1.82, 2.24) is 0 Å². The molecule has 0 amide bonds. The molecule has 0 aliphatic heterocycles. The molecule has 0 spiro atoms. The molecule has 0 saturated heterocycles. The van der Waals surface area contributed by atoms with Gasteiger partial charge in [0.05, 0.1) is 0 Å². The number of carbonyl (C=O) groups is 1. The summed E-state index contributed by atoms with van der Waals surface area (Å²) in [5.41, 5.74) is 4.43. The van der Waals surface area contributed by atoms with Crippen LogP contribution in [-0.4, -0.2) is 31.3 Å². The molecule has 0 radical (unpaired) electrons. The van der Waals surface area contributed by atoms with Crippen molar-refractivity contribution >= 4 is 23.3 Å². The van der Waals surface area contributed by atoms with Crippen LogP contribution < -0.4 is 4.74 Å². The van der Waals surface area contributed by atoms with Crippen LogP contribution in [0.15, 0.2) is 58.8 Å². The van der Waals surface area contributed by atoms with Crippen molar-refractivity contribution in [2.75, 3.05) is 13.6 Å². The molecule has 4 heteroatoms. The van der Waals surface area contributed by atoms with Gasteiger partial charge >= 0.3 is 0 Å². The average molecular weight is 435 g/mol. The zero-order chi connectivity index (χ0) is 23.3. The molecule has 1 atom stereocenters. The second-order valence-electron chi connectivity index (χ2n) is 8.40. The third-order valence-corrected chi connectivity index (χ3v) is 5.82. The lowest BCUT2D eigenvalue weighted by atomic mass is 9.99. The number of ketones is 1. The van der Waals surface area contributed by atoms with Gasteiger partial charge in [-0.15, -0.1) is 0 Å². The Morgan fingerprint density at radius 1 is 1.34 bits per heavy atom. The summed E-state index contributed by atoms with van der Waals surface area (Å²) in [6.07, 6.45) is 14.8. The molecule has 1 aliphatic rings. The third kappa shape index (κ3) is 8.41. The van der Waals surface area contributed by atoms with E-state index in [0.717, 1.165) is 79.7 Å². The SMILES string of the molecule is C=C(CC)c1ccc(O/C2=C/CC(=NCCCC(C)C(C)=O)CCCC=C2)cc1C=NC. The summed E-state index contributed by atoms with van der Waals surface area (Å²) in [5.74, 6) is 2.02. The molecular formula is C28H38N2O2. The summed E-state index contributed by atoms with van der Waals surface area (Å²) in [6.45, 7) is 10.7. The van der Waals surface area contributed by atoms with Gasteiger partial charge in [-0.2, -0.15) is 0 Å². The Balaban J connectivity index is 2.09. The van der Waals surface area contributed by atoms with E-state index in [2.05, 4.69) is 42.8 Å². The molecule has 1 aliphatic carbocycles. The van der Waals surface area contributed by atoms with Crippen LogP contribution in [-0.2, 0) is 4.79 Å². The van der Waals surface area contributed by atoms with Crippen LogP contribution in [0.3, 0.4) is 0 Å². The number of carbonyl (C=O) groups excluding carboxylic acids is 1. The van der Waals surface area contributed by atoms with E-state index in [1.807, 2.05) is 25.3 Å². The molecule has 172 valence electrons. The normalized spacial score (nSPS) is 18.5. The second kappa shape index (κ2) is 13.6. The maximum Gasteiger partial charge on any atom is 0.132 e. The van der Waals surface area contributed by atoms with Crippen molar-refractivity contribution in [3.05, 3.63) is 59.9 Å². The fraction of sp³-hybridized carbons (Fsp3) is 0.464. The second-order valence-corrected chi connectivity index (χ2v) is 8.40. The Labute approximate surface area is 193 Å². The zero-order valence-electron chi connectivity index (χ0n) is 20.2. The number of benzene rings is 1. The van der Waals surface area contributed by atoms with E-state index >= 15 is 0 Å². The van der Waals surface area contributed by atoms with Gasteiger partial charge in [-0.1, -0.05) is 32.6 Å². The summed E-state index contributed by atoms with van der Waals surface area (Å²) >= 11 is 0. The predicted molar refractivity (Wildman–Crippen MR) is 137 cm³/mol. The molecule has 2 rings (SSSR count). The van der Waals surface area contributed by atoms with E-state index in [9.17, 15) is 4.79 Å². The Kier molecular flexibility index (Phi) is 10.9. The molecule has 0 N–H and O–H groups in total. The molecule has 0 heterocycles. The molecule has 0 aromatic heterocycles. The van der Waals surface area contributed by atoms with Crippen molar-refractivity contribution in [2.24, 2.45) is 15.9 Å². The number of aliphatic imine (C=N–C) groups is 2. The van der Waals surface area contributed by atoms with E-state index in [1.54, 1.807) is 14.0 Å². The minimum atomic E-state index is 0.128. The quantitative estimate of drug-likeness (QED) is 0.294. The first kappa shape index (κ1) is 25.5. The molecule has 1 aromatic rings. The first-order valence-electron chi connectivity index (χ1n) is 11.8. The molecule has 1 unspecified atom stereocenters. The lowest BCUT2D eigenvalue weighted by Crippen LogP contribution is -2.07. The van der Waals surface area contributed by atoms with Crippen LogP contribution in [0.1, 0.15) is 76.8 Å². The highest BCUT2D eigenvalue weighted by molar-refractivity contribution is 5.88. The zero-order valence-corrected chi connectivity index (χ0v) is 20.2. The first-order valence-corrected chi connectivity index (χ1v) is 11.8. The molecule has 0 fully saturated rings. The number of hydrogen-bond donors (Lipinski definition) is 0. The fourth-order valence-electron chi connectivity index (χ4n) is 3.57. The topological polar surface area (TPSA) is 51.0 Å². The van der Waals surface area contributed by atoms with Crippen molar-refractivity contribution < 1.29 is 9.53 Å². The van der Waals surface area contributed by atoms with Gasteiger partial charge in [-0.3, -0.25) is 14.8 Å². The summed E-state index contributed by atoms with van der Waals surface area (Å²) in [6, 6.07) is 6.08. The van der Waals surface area contributed by atoms with E-state index in [1.165, 1.54) is 5.71 Å². The van der Waals surface area contributed by atoms with Crippen LogP contribution in [0.2, 0.25) is 0 Å². The van der Waals surface area contributed by atoms with E-state index in [4.69, 9.17) is 9.73 Å². The van der Waals surface area contributed by atoms with Gasteiger partial charge in [0.25, 0.3) is 0 Å². The molecule has 0 bridgehead atoms. The van der Waals surface area contributed by atoms with Crippen LogP contribution in [0.25, 0.3) is 5.57 Å². The lowest BCUT2D eigenvalue weighted by molar-refractivity contribution is -0.120. The maximum absolute atomic E-state index is 11.4. The molecule has 4 nitrogen and oxygen atoms in total. The van der Waals surface area contributed by atoms with Crippen molar-refractivity contribution in [1.29, 1.82) is 0 Å². The molecule has 0 saturated carbocycles. The van der Waals surface area contributed by atoms with Gasteiger partial charge in [0.2, 0.25) is 0 Å². The van der Waals surface area contributed by atoms with Gasteiger partial charge in [-0.05, 0) is 80.9 Å². The summed E-state index contributed by atoms with van der Waals surface area (Å²) in [7, 11) is 1.78. The fourth-order valence-corrected chi connectivity index (χ4v) is 3.57. The standard InChI is InChI=1S/C28H38N2O2/c1-6-21(2)28-17-16-27(19-24(28)20-29-5)32-26-13-9-7-8-12-25(14-15-26)30-18-10-11-22(3)23(4)31/h9,13,15-17,19-20,22H,2,6-8,10-12,14,18H2,1,3-5H3/b13-9?,26-15+,29-20?,30-25?. The van der Waals surface area contributed by atoms with E-state index < -0.39 is 0 Å². The Bertz CT molecular complexity index is 906. The predicted octanol–water partition coefficient (Wildman–Crippen LogP) is 7.00. The van der Waals surface area contributed by atoms with Crippen molar-refractivity contribution in [2.45, 2.75) is 65.7 Å². The van der Waals surface area contributed by atoms with Gasteiger partial charge in [-0.25, -0.2) is 0 Å². The van der Waals surface area contributed by atoms with E-state index in [-0.39, 0.29) is 11.7 Å². The Morgan fingerprint density at radius 3 is 2.88 bits per heavy atom. The lowest BCUT2D eigenvalue weighted by Gasteiger charge is -2.12. The molecule has 32 heavy (non-hydrogen) atoms. The number of allylic oxidation sites excluding steroid dienone is 4. The molecule has 1 aromatic carbocycles. The van der Waals surface area contributed by atoms with Crippen LogP contribution in [0.4, 0.5) is 0 Å². The largest absolute Gasteiger partial charge is 0.458 e. The monoisotopic (exact) mass is 434 g/mol. The molecular weight excluding hydrogens is 396 g/mol. The summed E-state index contributed by atoms with van der Waals surface area (Å²) < 4.78 is 6.22. The van der Waals surface area contributed by atoms with Crippen LogP contribution >= 0.6 is 0 Å². The number of hydrogen-bond acceptors (Lipinski definition) is 4. The number of Topliss-reactive ketones (excluding diaryl/α,β-unsaturated/α-hetero) is 1. The van der Waals surface area contributed by atoms with Gasteiger partial charge in [0.15, 0.2) is 0 Å². The Morgan fingerprint density at radius 2 is 2.16 bits per heavy atom. The highest BCUT2D eigenvalue weighted by Gasteiger charge is 2.09. The van der Waals surface area contributed by atoms with Crippen LogP contribution in [0, 0.1) is 5.92 Å². The van der Waals surface area contributed by atoms with Gasteiger partial charge in [0.1, 0.15) is 17.3 Å². The van der Waals surface area contributed by atoms with Crippen molar-refractivity contribution in [3.8, 4) is 5.75 Å². The maximum atomic E-state index is 11.4. The smallest absolute Gasteiger partial charge is 0.132 e. The Hall–Kier alpha value is -2.75. The summed E-state index contributed by atoms with van der Waals surface area (Å²) in [5, 5.41) is 0. The van der Waals surface area contributed by atoms with Crippen molar-refractivity contribution in [3.63, 3.8) is 0 Å². The van der Waals surface area contributed by atoms with Gasteiger partial charge in [0, 0.05) is 43.4 Å². The third-order valence-electron chi connectivity index (χ3n) is 5.82. The highest BCUT2D eigenvalue weighted by atomic mass is 16.5. The van der Waals surface area contributed by atoms with E-state index in [0.29, 0.717) is 0 Å². The summed E-state index contributed by atoms with van der Waals surface area (Å²) in [4.78, 5) is 20.4. The van der Waals surface area contributed by atoms with Gasteiger partial charge < -0.3 is 4.74 Å². The highest BCUT2D eigenvalue weighted by Crippen LogP contribution is 2.26. The number of nitrogens with zero attached hydrogens (tertiary/aromatic N) is 2. The van der Waals surface area contributed by atoms with Crippen LogP contribution in [0.5, 0.6) is 5.75 Å². The number of ether oxygens (including phenoxy) is 1. The minimum Gasteiger partial charge on any atom is -0.458 e.